The van der Waals surface area contributed by atoms with Crippen LogP contribution in [0.2, 0.25) is 0 Å². The van der Waals surface area contributed by atoms with E-state index in [0.717, 1.165) is 32.7 Å². The van der Waals surface area contributed by atoms with Gasteiger partial charge in [0.1, 0.15) is 0 Å². The van der Waals surface area contributed by atoms with Gasteiger partial charge in [-0.15, -0.1) is 12.4 Å². The number of piperazine rings is 1. The van der Waals surface area contributed by atoms with Gasteiger partial charge in [0.25, 0.3) is 0 Å². The van der Waals surface area contributed by atoms with Crippen molar-refractivity contribution in [2.75, 3.05) is 45.8 Å². The third kappa shape index (κ3) is 5.76. The lowest BCUT2D eigenvalue weighted by atomic mass is 9.78. The molecule has 2 fully saturated rings. The highest BCUT2D eigenvalue weighted by molar-refractivity contribution is 5.85. The lowest BCUT2D eigenvalue weighted by Gasteiger charge is -2.40. The van der Waals surface area contributed by atoms with Crippen molar-refractivity contribution in [3.8, 4) is 0 Å². The second kappa shape index (κ2) is 8.96. The van der Waals surface area contributed by atoms with Crippen LogP contribution in [0.5, 0.6) is 0 Å². The molecule has 2 rings (SSSR count). The number of carbonyl (C=O) groups is 1. The molecule has 0 bridgehead atoms. The van der Waals surface area contributed by atoms with Crippen LogP contribution >= 0.6 is 12.4 Å². The Labute approximate surface area is 136 Å². The van der Waals surface area contributed by atoms with Crippen molar-refractivity contribution in [2.24, 2.45) is 5.41 Å². The highest BCUT2D eigenvalue weighted by Gasteiger charge is 2.30. The first-order chi connectivity index (χ1) is 9.63. The van der Waals surface area contributed by atoms with Crippen LogP contribution in [0.1, 0.15) is 46.0 Å². The fourth-order valence-electron chi connectivity index (χ4n) is 3.75. The summed E-state index contributed by atoms with van der Waals surface area (Å²) in [5, 5.41) is 3.30. The predicted molar refractivity (Wildman–Crippen MR) is 90.0 cm³/mol. The van der Waals surface area contributed by atoms with Gasteiger partial charge in [-0.3, -0.25) is 4.79 Å². The van der Waals surface area contributed by atoms with Crippen molar-refractivity contribution in [3.63, 3.8) is 0 Å². The van der Waals surface area contributed by atoms with Gasteiger partial charge < -0.3 is 15.1 Å². The highest BCUT2D eigenvalue weighted by Crippen LogP contribution is 2.33. The summed E-state index contributed by atoms with van der Waals surface area (Å²) in [6.45, 7) is 11.7. The Balaban J connectivity index is 0.00000220. The van der Waals surface area contributed by atoms with Gasteiger partial charge in [-0.05, 0) is 31.2 Å². The van der Waals surface area contributed by atoms with Crippen molar-refractivity contribution in [1.82, 2.24) is 15.1 Å². The van der Waals surface area contributed by atoms with E-state index in [4.69, 9.17) is 0 Å². The van der Waals surface area contributed by atoms with E-state index in [1.807, 2.05) is 4.90 Å². The molecular weight excluding hydrogens is 286 g/mol. The molecule has 2 aliphatic rings. The molecule has 0 aromatic carbocycles. The van der Waals surface area contributed by atoms with Crippen LogP contribution in [-0.2, 0) is 4.79 Å². The first-order valence-electron chi connectivity index (χ1n) is 8.34. The van der Waals surface area contributed by atoms with Gasteiger partial charge in [0, 0.05) is 45.7 Å². The quantitative estimate of drug-likeness (QED) is 0.844. The predicted octanol–water partition coefficient (Wildman–Crippen LogP) is 2.13. The molecule has 2 aliphatic heterocycles. The SMILES string of the molecule is CCCC1(C)CCCN(CCC(=O)N2CCNCC2)C1.Cl. The zero-order valence-electron chi connectivity index (χ0n) is 13.7. The Bertz CT molecular complexity index is 317. The molecule has 2 saturated heterocycles. The largest absolute Gasteiger partial charge is 0.340 e. The van der Waals surface area contributed by atoms with Crippen LogP contribution in [-0.4, -0.2) is 61.5 Å². The van der Waals surface area contributed by atoms with Gasteiger partial charge in [0.05, 0.1) is 0 Å². The van der Waals surface area contributed by atoms with Crippen LogP contribution in [0.25, 0.3) is 0 Å². The first kappa shape index (κ1) is 18.7. The van der Waals surface area contributed by atoms with Crippen LogP contribution in [0.4, 0.5) is 0 Å². The van der Waals surface area contributed by atoms with Gasteiger partial charge in [0.15, 0.2) is 0 Å². The Morgan fingerprint density at radius 3 is 2.62 bits per heavy atom. The molecule has 21 heavy (non-hydrogen) atoms. The number of piperidine rings is 1. The fraction of sp³-hybridized carbons (Fsp3) is 0.938. The second-order valence-electron chi connectivity index (χ2n) is 6.82. The molecule has 0 aliphatic carbocycles. The average molecular weight is 318 g/mol. The number of amides is 1. The summed E-state index contributed by atoms with van der Waals surface area (Å²) in [7, 11) is 0. The van der Waals surface area contributed by atoms with Gasteiger partial charge >= 0.3 is 0 Å². The van der Waals surface area contributed by atoms with Crippen molar-refractivity contribution >= 4 is 18.3 Å². The topological polar surface area (TPSA) is 35.6 Å². The van der Waals surface area contributed by atoms with Crippen LogP contribution < -0.4 is 5.32 Å². The van der Waals surface area contributed by atoms with Crippen LogP contribution in [0, 0.1) is 5.41 Å². The Kier molecular flexibility index (Phi) is 7.99. The minimum atomic E-state index is 0. The molecule has 4 nitrogen and oxygen atoms in total. The monoisotopic (exact) mass is 317 g/mol. The standard InChI is InChI=1S/C16H31N3O.ClH/c1-3-6-16(2)7-4-10-18(14-16)11-5-15(20)19-12-8-17-9-13-19;/h17H,3-14H2,1-2H3;1H. The summed E-state index contributed by atoms with van der Waals surface area (Å²) in [6, 6.07) is 0. The summed E-state index contributed by atoms with van der Waals surface area (Å²) in [4.78, 5) is 16.7. The van der Waals surface area contributed by atoms with Crippen molar-refractivity contribution in [1.29, 1.82) is 0 Å². The van der Waals surface area contributed by atoms with Gasteiger partial charge in [0.2, 0.25) is 5.91 Å². The molecule has 1 amide bonds. The summed E-state index contributed by atoms with van der Waals surface area (Å²) < 4.78 is 0. The van der Waals surface area contributed by atoms with Crippen molar-refractivity contribution in [2.45, 2.75) is 46.0 Å². The zero-order chi connectivity index (χ0) is 14.4. The number of carbonyl (C=O) groups excluding carboxylic acids is 1. The Hall–Kier alpha value is -0.320. The molecule has 2 heterocycles. The second-order valence-corrected chi connectivity index (χ2v) is 6.82. The molecule has 0 spiro atoms. The maximum atomic E-state index is 12.2. The summed E-state index contributed by atoms with van der Waals surface area (Å²) in [5.41, 5.74) is 0.477. The molecule has 5 heteroatoms. The third-order valence-electron chi connectivity index (χ3n) is 4.83. The number of halogens is 1. The van der Waals surface area contributed by atoms with Gasteiger partial charge in [-0.2, -0.15) is 0 Å². The van der Waals surface area contributed by atoms with E-state index in [0.29, 0.717) is 17.7 Å². The fourth-order valence-corrected chi connectivity index (χ4v) is 3.75. The van der Waals surface area contributed by atoms with E-state index in [9.17, 15) is 4.79 Å². The Morgan fingerprint density at radius 1 is 1.24 bits per heavy atom. The van der Waals surface area contributed by atoms with E-state index in [1.54, 1.807) is 0 Å². The highest BCUT2D eigenvalue weighted by atomic mass is 35.5. The number of likely N-dealkylation sites (tertiary alicyclic amines) is 1. The minimum absolute atomic E-state index is 0. The number of rotatable bonds is 5. The van der Waals surface area contributed by atoms with E-state index < -0.39 is 0 Å². The molecule has 124 valence electrons. The molecule has 0 aromatic rings. The number of hydrogen-bond donors (Lipinski definition) is 1. The zero-order valence-corrected chi connectivity index (χ0v) is 14.5. The Morgan fingerprint density at radius 2 is 1.95 bits per heavy atom. The molecule has 0 radical (unpaired) electrons. The van der Waals surface area contributed by atoms with Crippen molar-refractivity contribution in [3.05, 3.63) is 0 Å². The molecular formula is C16H32ClN3O. The van der Waals surface area contributed by atoms with Crippen LogP contribution in [0.3, 0.4) is 0 Å². The van der Waals surface area contributed by atoms with E-state index >= 15 is 0 Å². The number of nitrogens with one attached hydrogen (secondary N) is 1. The molecule has 1 atom stereocenters. The minimum Gasteiger partial charge on any atom is -0.340 e. The van der Waals surface area contributed by atoms with Crippen molar-refractivity contribution < 1.29 is 4.79 Å². The molecule has 1 unspecified atom stereocenters. The maximum Gasteiger partial charge on any atom is 0.223 e. The van der Waals surface area contributed by atoms with E-state index in [-0.39, 0.29) is 12.4 Å². The lowest BCUT2D eigenvalue weighted by molar-refractivity contribution is -0.132. The lowest BCUT2D eigenvalue weighted by Crippen LogP contribution is -2.48. The summed E-state index contributed by atoms with van der Waals surface area (Å²) >= 11 is 0. The maximum absolute atomic E-state index is 12.2. The summed E-state index contributed by atoms with van der Waals surface area (Å²) in [6.07, 6.45) is 5.92. The normalized spacial score (nSPS) is 27.2. The van der Waals surface area contributed by atoms with E-state index in [2.05, 4.69) is 24.1 Å². The van der Waals surface area contributed by atoms with Gasteiger partial charge in [-0.1, -0.05) is 20.3 Å². The average Bonchev–Trinajstić information content (AvgIpc) is 2.46. The van der Waals surface area contributed by atoms with Gasteiger partial charge in [-0.25, -0.2) is 0 Å². The number of nitrogens with zero attached hydrogens (tertiary/aromatic N) is 2. The number of hydrogen-bond acceptors (Lipinski definition) is 3. The molecule has 1 N–H and O–H groups in total. The summed E-state index contributed by atoms with van der Waals surface area (Å²) in [5.74, 6) is 0.342. The molecule has 0 saturated carbocycles. The van der Waals surface area contributed by atoms with E-state index in [1.165, 1.54) is 38.8 Å². The molecule has 0 aromatic heterocycles. The first-order valence-corrected chi connectivity index (χ1v) is 8.34. The smallest absolute Gasteiger partial charge is 0.223 e. The third-order valence-corrected chi connectivity index (χ3v) is 4.83. The van der Waals surface area contributed by atoms with Crippen LogP contribution in [0.15, 0.2) is 0 Å².